The van der Waals surface area contributed by atoms with Gasteiger partial charge in [-0.15, -0.1) is 0 Å². The molecule has 28 heavy (non-hydrogen) atoms. The lowest BCUT2D eigenvalue weighted by Gasteiger charge is -2.19. The number of alkyl halides is 3. The molecular formula is C17H16F3N3O5. The van der Waals surface area contributed by atoms with Gasteiger partial charge in [-0.3, -0.25) is 9.59 Å². The fraction of sp³-hybridized carbons (Fsp3) is 0.294. The Morgan fingerprint density at radius 2 is 1.75 bits per heavy atom. The summed E-state index contributed by atoms with van der Waals surface area (Å²) in [4.78, 5) is 29.7. The number of benzene rings is 1. The highest BCUT2D eigenvalue weighted by atomic mass is 19.4. The van der Waals surface area contributed by atoms with Gasteiger partial charge in [0.15, 0.2) is 11.5 Å². The number of carboxylic acids is 1. The number of aliphatic carboxylic acids is 1. The van der Waals surface area contributed by atoms with Gasteiger partial charge in [0.25, 0.3) is 5.91 Å². The number of ether oxygens (including phenoxy) is 2. The molecule has 1 aromatic heterocycles. The number of hydrogen-bond donors (Lipinski definition) is 2. The van der Waals surface area contributed by atoms with E-state index in [9.17, 15) is 22.8 Å². The number of hydrogen-bond acceptors (Lipinski definition) is 6. The van der Waals surface area contributed by atoms with E-state index in [1.165, 1.54) is 26.4 Å². The number of nitrogens with one attached hydrogen (secondary N) is 1. The van der Waals surface area contributed by atoms with E-state index in [0.29, 0.717) is 17.1 Å². The summed E-state index contributed by atoms with van der Waals surface area (Å²) in [6.45, 7) is 0. The molecule has 150 valence electrons. The molecule has 2 aromatic rings. The molecular weight excluding hydrogens is 383 g/mol. The molecule has 8 nitrogen and oxygen atoms in total. The van der Waals surface area contributed by atoms with Crippen molar-refractivity contribution < 1.29 is 37.3 Å². The van der Waals surface area contributed by atoms with Crippen molar-refractivity contribution in [1.29, 1.82) is 0 Å². The molecule has 1 unspecified atom stereocenters. The van der Waals surface area contributed by atoms with E-state index in [2.05, 4.69) is 15.3 Å². The van der Waals surface area contributed by atoms with E-state index in [1.54, 1.807) is 6.07 Å². The highest BCUT2D eigenvalue weighted by Crippen LogP contribution is 2.31. The minimum atomic E-state index is -4.74. The third-order valence-electron chi connectivity index (χ3n) is 3.66. The van der Waals surface area contributed by atoms with E-state index in [-0.39, 0.29) is 5.56 Å². The van der Waals surface area contributed by atoms with Crippen molar-refractivity contribution in [3.05, 3.63) is 47.5 Å². The van der Waals surface area contributed by atoms with Gasteiger partial charge in [-0.2, -0.15) is 13.2 Å². The summed E-state index contributed by atoms with van der Waals surface area (Å²) < 4.78 is 47.8. The van der Waals surface area contributed by atoms with Crippen LogP contribution in [0.3, 0.4) is 0 Å². The summed E-state index contributed by atoms with van der Waals surface area (Å²) in [7, 11) is 2.82. The summed E-state index contributed by atoms with van der Waals surface area (Å²) in [6.07, 6.45) is -3.77. The number of amides is 1. The number of rotatable bonds is 7. The third-order valence-corrected chi connectivity index (χ3v) is 3.66. The molecule has 1 atom stereocenters. The fourth-order valence-electron chi connectivity index (χ4n) is 2.33. The molecule has 0 aliphatic rings. The first-order chi connectivity index (χ1) is 13.2. The fourth-order valence-corrected chi connectivity index (χ4v) is 2.33. The third kappa shape index (κ3) is 5.09. The van der Waals surface area contributed by atoms with E-state index >= 15 is 0 Å². The monoisotopic (exact) mass is 399 g/mol. The Hall–Kier alpha value is -3.37. The van der Waals surface area contributed by atoms with E-state index in [1.807, 2.05) is 0 Å². The average Bonchev–Trinajstić information content (AvgIpc) is 2.65. The Morgan fingerprint density at radius 1 is 1.14 bits per heavy atom. The molecule has 0 saturated heterocycles. The smallest absolute Gasteiger partial charge is 0.451 e. The van der Waals surface area contributed by atoms with Crippen LogP contribution in [0.2, 0.25) is 0 Å². The predicted octanol–water partition coefficient (Wildman–Crippen LogP) is 2.46. The zero-order valence-electron chi connectivity index (χ0n) is 14.8. The molecule has 1 amide bonds. The number of aromatic nitrogens is 2. The van der Waals surface area contributed by atoms with Crippen LogP contribution in [-0.4, -0.2) is 41.2 Å². The van der Waals surface area contributed by atoms with Crippen LogP contribution in [0.1, 0.15) is 34.2 Å². The quantitative estimate of drug-likeness (QED) is 0.736. The van der Waals surface area contributed by atoms with Gasteiger partial charge in [0.1, 0.15) is 0 Å². The molecule has 0 spiro atoms. The molecule has 0 fully saturated rings. The van der Waals surface area contributed by atoms with Crippen molar-refractivity contribution in [2.45, 2.75) is 18.6 Å². The highest BCUT2D eigenvalue weighted by molar-refractivity contribution is 5.94. The number of carbonyl (C=O) groups is 2. The second-order valence-corrected chi connectivity index (χ2v) is 5.53. The van der Waals surface area contributed by atoms with Gasteiger partial charge in [0.05, 0.1) is 32.2 Å². The van der Waals surface area contributed by atoms with Crippen molar-refractivity contribution >= 4 is 11.9 Å². The summed E-state index contributed by atoms with van der Waals surface area (Å²) >= 11 is 0. The lowest BCUT2D eigenvalue weighted by Crippen LogP contribution is -2.30. The highest BCUT2D eigenvalue weighted by Gasteiger charge is 2.34. The van der Waals surface area contributed by atoms with Crippen molar-refractivity contribution in [3.8, 4) is 11.5 Å². The lowest BCUT2D eigenvalue weighted by molar-refractivity contribution is -0.145. The van der Waals surface area contributed by atoms with Gasteiger partial charge in [0, 0.05) is 12.4 Å². The van der Waals surface area contributed by atoms with Gasteiger partial charge in [0.2, 0.25) is 5.82 Å². The average molecular weight is 399 g/mol. The van der Waals surface area contributed by atoms with Crippen LogP contribution in [0.4, 0.5) is 13.2 Å². The van der Waals surface area contributed by atoms with Gasteiger partial charge >= 0.3 is 12.1 Å². The normalized spacial score (nSPS) is 12.2. The molecule has 1 aromatic carbocycles. The topological polar surface area (TPSA) is 111 Å². The van der Waals surface area contributed by atoms with Gasteiger partial charge in [-0.1, -0.05) is 6.07 Å². The maximum atomic E-state index is 12.5. The molecule has 0 saturated carbocycles. The Bertz CT molecular complexity index is 856. The van der Waals surface area contributed by atoms with Crippen molar-refractivity contribution in [2.75, 3.05) is 14.2 Å². The minimum absolute atomic E-state index is 0.246. The number of halogens is 3. The predicted molar refractivity (Wildman–Crippen MR) is 89.0 cm³/mol. The summed E-state index contributed by atoms with van der Waals surface area (Å²) in [6, 6.07) is 3.59. The van der Waals surface area contributed by atoms with E-state index in [0.717, 1.165) is 12.4 Å². The second-order valence-electron chi connectivity index (χ2n) is 5.53. The molecule has 0 aliphatic carbocycles. The second kappa shape index (κ2) is 8.55. The first-order valence-corrected chi connectivity index (χ1v) is 7.79. The Labute approximate surface area is 157 Å². The van der Waals surface area contributed by atoms with Crippen LogP contribution < -0.4 is 14.8 Å². The van der Waals surface area contributed by atoms with Gasteiger partial charge in [-0.05, 0) is 17.7 Å². The maximum absolute atomic E-state index is 12.5. The Morgan fingerprint density at radius 3 is 2.25 bits per heavy atom. The first kappa shape index (κ1) is 20.9. The zero-order chi connectivity index (χ0) is 20.9. The molecule has 0 bridgehead atoms. The Balaban J connectivity index is 2.27. The largest absolute Gasteiger partial charge is 0.493 e. The molecule has 0 aliphatic heterocycles. The van der Waals surface area contributed by atoms with Crippen molar-refractivity contribution in [2.24, 2.45) is 0 Å². The van der Waals surface area contributed by atoms with Crippen molar-refractivity contribution in [1.82, 2.24) is 15.3 Å². The molecule has 2 rings (SSSR count). The molecule has 0 radical (unpaired) electrons. The number of carbonyl (C=O) groups excluding carboxylic acids is 1. The van der Waals surface area contributed by atoms with Gasteiger partial charge in [-0.25, -0.2) is 9.97 Å². The molecule has 11 heteroatoms. The summed E-state index contributed by atoms with van der Waals surface area (Å²) in [5.41, 5.74) is 0.157. The van der Waals surface area contributed by atoms with Crippen LogP contribution in [0.15, 0.2) is 30.6 Å². The lowest BCUT2D eigenvalue weighted by atomic mass is 10.0. The zero-order valence-corrected chi connectivity index (χ0v) is 14.8. The Kier molecular flexibility index (Phi) is 6.39. The van der Waals surface area contributed by atoms with Gasteiger partial charge < -0.3 is 19.9 Å². The van der Waals surface area contributed by atoms with Crippen LogP contribution >= 0.6 is 0 Å². The number of nitrogens with zero attached hydrogens (tertiary/aromatic N) is 2. The number of methoxy groups -OCH3 is 2. The molecule has 2 N–H and O–H groups in total. The first-order valence-electron chi connectivity index (χ1n) is 7.79. The summed E-state index contributed by atoms with van der Waals surface area (Å²) in [5.74, 6) is -2.67. The van der Waals surface area contributed by atoms with Crippen LogP contribution in [0.5, 0.6) is 11.5 Å². The maximum Gasteiger partial charge on any atom is 0.451 e. The van der Waals surface area contributed by atoms with Crippen LogP contribution in [0, 0.1) is 0 Å². The van der Waals surface area contributed by atoms with Crippen molar-refractivity contribution in [3.63, 3.8) is 0 Å². The van der Waals surface area contributed by atoms with E-state index in [4.69, 9.17) is 14.6 Å². The number of carboxylic acid groups (broad SMARTS) is 1. The van der Waals surface area contributed by atoms with Crippen LogP contribution in [0.25, 0.3) is 0 Å². The molecule has 1 heterocycles. The van der Waals surface area contributed by atoms with E-state index < -0.39 is 36.3 Å². The minimum Gasteiger partial charge on any atom is -0.493 e. The standard InChI is InChI=1S/C17H16F3N3O5/c1-27-12-4-3-9(5-13(12)28-2)11(6-14(24)25)23-15(26)10-7-21-16(22-8-10)17(18,19)20/h3-5,7-8,11H,6H2,1-2H3,(H,23,26)(H,24,25). The van der Waals surface area contributed by atoms with Crippen LogP contribution in [-0.2, 0) is 11.0 Å². The summed E-state index contributed by atoms with van der Waals surface area (Å²) in [5, 5.41) is 11.6. The SMILES string of the molecule is COc1ccc(C(CC(=O)O)NC(=O)c2cnc(C(F)(F)F)nc2)cc1OC.